The Morgan fingerprint density at radius 3 is 1.86 bits per heavy atom. The molecule has 130 valence electrons. The van der Waals surface area contributed by atoms with E-state index in [0.717, 1.165) is 18.2 Å². The molecule has 0 saturated heterocycles. The lowest BCUT2D eigenvalue weighted by Crippen LogP contribution is -2.32. The Labute approximate surface area is 150 Å². The number of nitrogens with one attached hydrogen (secondary N) is 1. The van der Waals surface area contributed by atoms with Crippen molar-refractivity contribution in [1.29, 1.82) is 0 Å². The molecule has 0 radical (unpaired) electrons. The van der Waals surface area contributed by atoms with Crippen LogP contribution in [0.2, 0.25) is 0 Å². The minimum Gasteiger partial charge on any atom is -0.480 e. The number of halogens is 1. The van der Waals surface area contributed by atoms with Crippen molar-refractivity contribution in [3.05, 3.63) is 25.3 Å². The highest BCUT2D eigenvalue weighted by atomic mass is 35.5. The van der Waals surface area contributed by atoms with E-state index >= 15 is 0 Å². The van der Waals surface area contributed by atoms with Crippen LogP contribution in [0.25, 0.3) is 0 Å². The zero-order valence-electron chi connectivity index (χ0n) is 14.0. The van der Waals surface area contributed by atoms with Crippen LogP contribution < -0.4 is 5.32 Å². The lowest BCUT2D eigenvalue weighted by atomic mass is 10.2. The molecule has 0 aromatic heterocycles. The molecule has 7 heteroatoms. The molecule has 0 aromatic rings. The minimum absolute atomic E-state index is 0. The van der Waals surface area contributed by atoms with Crippen molar-refractivity contribution in [2.45, 2.75) is 45.8 Å². The minimum atomic E-state index is -0.884. The lowest BCUT2D eigenvalue weighted by Gasteiger charge is -2.18. The Morgan fingerprint density at radius 1 is 1.27 bits per heavy atom. The number of ketones is 1. The van der Waals surface area contributed by atoms with Gasteiger partial charge >= 0.3 is 5.97 Å². The first-order valence-electron chi connectivity index (χ1n) is 6.44. The molecule has 0 heterocycles. The molecule has 0 saturated carbocycles. The summed E-state index contributed by atoms with van der Waals surface area (Å²) in [6.45, 7) is 15.9. The largest absolute Gasteiger partial charge is 0.480 e. The van der Waals surface area contributed by atoms with Gasteiger partial charge in [-0.3, -0.25) is 4.79 Å². The molecule has 0 spiro atoms. The molecule has 0 aromatic carbocycles. The summed E-state index contributed by atoms with van der Waals surface area (Å²) in [4.78, 5) is 20.1. The summed E-state index contributed by atoms with van der Waals surface area (Å²) in [5.41, 5.74) is 0. The Morgan fingerprint density at radius 2 is 1.64 bits per heavy atom. The van der Waals surface area contributed by atoms with Gasteiger partial charge in [0.25, 0.3) is 0 Å². The second-order valence-corrected chi connectivity index (χ2v) is 6.78. The molecule has 0 amide bonds. The van der Waals surface area contributed by atoms with E-state index in [-0.39, 0.29) is 18.2 Å². The quantitative estimate of drug-likeness (QED) is 0.558. The fraction of sp³-hybridized carbons (Fsp3) is 0.533. The summed E-state index contributed by atoms with van der Waals surface area (Å²) >= 11 is 6.05. The number of thioether (sulfide) groups is 1. The van der Waals surface area contributed by atoms with Crippen molar-refractivity contribution in [2.75, 3.05) is 6.54 Å². The maximum Gasteiger partial charge on any atom is 0.319 e. The van der Waals surface area contributed by atoms with Crippen LogP contribution in [0.5, 0.6) is 0 Å². The SMILES string of the molecule is C=CCC.C=CCNC(=S)SC(C)(C)C(=O)O.CC(C)=O.Cl. The molecule has 2 N–H and O–H groups in total. The molecular weight excluding hydrogens is 342 g/mol. The standard InChI is InChI=1S/C8H13NO2S2.C4H8.C3H6O.ClH/c1-4-5-9-7(12)13-8(2,3)6(10)11;1-3-4-2;1-3(2)4;/h4H,1,5H2,2-3H3,(H,9,12)(H,10,11);3H,1,4H2,2H3;1-2H3;1H. The highest BCUT2D eigenvalue weighted by molar-refractivity contribution is 8.24. The van der Waals surface area contributed by atoms with Gasteiger partial charge in [-0.05, 0) is 34.1 Å². The maximum absolute atomic E-state index is 10.7. The first kappa shape index (κ1) is 29.2. The average molecular weight is 370 g/mol. The van der Waals surface area contributed by atoms with Crippen LogP contribution in [0, 0.1) is 0 Å². The lowest BCUT2D eigenvalue weighted by molar-refractivity contribution is -0.138. The highest BCUT2D eigenvalue weighted by Crippen LogP contribution is 2.24. The van der Waals surface area contributed by atoms with Crippen LogP contribution in [0.1, 0.15) is 41.0 Å². The molecule has 0 aliphatic rings. The summed E-state index contributed by atoms with van der Waals surface area (Å²) in [5.74, 6) is -0.708. The van der Waals surface area contributed by atoms with Gasteiger partial charge in [0.05, 0.1) is 0 Å². The summed E-state index contributed by atoms with van der Waals surface area (Å²) in [6.07, 6.45) is 4.63. The van der Waals surface area contributed by atoms with Gasteiger partial charge in [0.2, 0.25) is 0 Å². The number of carbonyl (C=O) groups excluding carboxylic acids is 1. The summed E-state index contributed by atoms with van der Waals surface area (Å²) < 4.78 is -0.405. The number of carboxylic acids is 1. The molecule has 4 nitrogen and oxygen atoms in total. The molecule has 0 atom stereocenters. The van der Waals surface area contributed by atoms with Crippen LogP contribution in [-0.2, 0) is 9.59 Å². The fourth-order valence-electron chi connectivity index (χ4n) is 0.467. The molecule has 0 unspecified atom stereocenters. The zero-order valence-corrected chi connectivity index (χ0v) is 16.4. The van der Waals surface area contributed by atoms with Gasteiger partial charge in [-0.15, -0.1) is 25.6 Å². The van der Waals surface area contributed by atoms with Crippen LogP contribution in [-0.4, -0.2) is 32.5 Å². The van der Waals surface area contributed by atoms with Crippen molar-refractivity contribution < 1.29 is 14.7 Å². The van der Waals surface area contributed by atoms with Gasteiger partial charge in [-0.1, -0.05) is 43.1 Å². The fourth-order valence-corrected chi connectivity index (χ4v) is 1.88. The number of carbonyl (C=O) groups is 2. The first-order chi connectivity index (χ1) is 9.54. The molecule has 0 aliphatic heterocycles. The number of aliphatic carboxylic acids is 1. The summed E-state index contributed by atoms with van der Waals surface area (Å²) in [7, 11) is 0. The van der Waals surface area contributed by atoms with E-state index in [1.807, 2.05) is 6.08 Å². The topological polar surface area (TPSA) is 66.4 Å². The number of carboxylic acid groups (broad SMARTS) is 1. The van der Waals surface area contributed by atoms with Crippen LogP contribution in [0.15, 0.2) is 25.3 Å². The number of rotatable bonds is 5. The zero-order chi connectivity index (χ0) is 17.5. The Balaban J connectivity index is -0.000000150. The van der Waals surface area contributed by atoms with Gasteiger partial charge in [-0.25, -0.2) is 0 Å². The van der Waals surface area contributed by atoms with Crippen molar-refractivity contribution in [3.63, 3.8) is 0 Å². The number of hydrogen-bond donors (Lipinski definition) is 2. The number of allylic oxidation sites excluding steroid dienone is 1. The van der Waals surface area contributed by atoms with Gasteiger partial charge < -0.3 is 15.2 Å². The van der Waals surface area contributed by atoms with E-state index in [9.17, 15) is 9.59 Å². The third-order valence-electron chi connectivity index (χ3n) is 1.54. The summed E-state index contributed by atoms with van der Waals surface area (Å²) in [6, 6.07) is 0. The maximum atomic E-state index is 10.7. The van der Waals surface area contributed by atoms with Crippen molar-refractivity contribution in [1.82, 2.24) is 5.32 Å². The van der Waals surface area contributed by atoms with E-state index < -0.39 is 10.7 Å². The van der Waals surface area contributed by atoms with E-state index in [4.69, 9.17) is 17.3 Å². The Hall–Kier alpha value is -0.850. The predicted molar refractivity (Wildman–Crippen MR) is 104 cm³/mol. The van der Waals surface area contributed by atoms with E-state index in [1.165, 1.54) is 13.8 Å². The number of Topliss-reactive ketones (excluding diaryl/α,β-unsaturated/α-hetero) is 1. The predicted octanol–water partition coefficient (Wildman–Crippen LogP) is 4.24. The van der Waals surface area contributed by atoms with E-state index in [0.29, 0.717) is 10.9 Å². The van der Waals surface area contributed by atoms with Gasteiger partial charge in [0.1, 0.15) is 14.9 Å². The molecule has 0 fully saturated rings. The first-order valence-corrected chi connectivity index (χ1v) is 7.66. The molecule has 0 rings (SSSR count). The highest BCUT2D eigenvalue weighted by Gasteiger charge is 2.29. The molecule has 0 aliphatic carbocycles. The second-order valence-electron chi connectivity index (χ2n) is 4.48. The average Bonchev–Trinajstić information content (AvgIpc) is 2.35. The molecule has 0 bridgehead atoms. The van der Waals surface area contributed by atoms with Crippen molar-refractivity contribution in [2.24, 2.45) is 0 Å². The third-order valence-corrected chi connectivity index (χ3v) is 2.95. The van der Waals surface area contributed by atoms with E-state index in [1.54, 1.807) is 19.9 Å². The number of hydrogen-bond acceptors (Lipinski definition) is 4. The number of thiocarbonyl (C=S) groups is 1. The second kappa shape index (κ2) is 18.2. The molecular formula is C15H28ClNO3S2. The monoisotopic (exact) mass is 369 g/mol. The van der Waals surface area contributed by atoms with Gasteiger partial charge in [-0.2, -0.15) is 0 Å². The third kappa shape index (κ3) is 27.5. The van der Waals surface area contributed by atoms with Crippen LogP contribution in [0.4, 0.5) is 0 Å². The van der Waals surface area contributed by atoms with Gasteiger partial charge in [0.15, 0.2) is 0 Å². The Kier molecular flexibility index (Phi) is 24.2. The van der Waals surface area contributed by atoms with Crippen LogP contribution in [0.3, 0.4) is 0 Å². The Bertz CT molecular complexity index is 355. The smallest absolute Gasteiger partial charge is 0.319 e. The van der Waals surface area contributed by atoms with Gasteiger partial charge in [0, 0.05) is 6.54 Å². The van der Waals surface area contributed by atoms with E-state index in [2.05, 4.69) is 25.4 Å². The normalized spacial score (nSPS) is 8.59. The molecule has 22 heavy (non-hydrogen) atoms. The summed E-state index contributed by atoms with van der Waals surface area (Å²) in [5, 5.41) is 11.6. The van der Waals surface area contributed by atoms with Crippen molar-refractivity contribution in [3.8, 4) is 0 Å². The van der Waals surface area contributed by atoms with Crippen molar-refractivity contribution >= 4 is 52.5 Å². The van der Waals surface area contributed by atoms with Crippen LogP contribution >= 0.6 is 36.4 Å².